The fourth-order valence-corrected chi connectivity index (χ4v) is 1.99. The summed E-state index contributed by atoms with van der Waals surface area (Å²) in [5, 5.41) is 0. The fourth-order valence-electron chi connectivity index (χ4n) is 1.99. The average Bonchev–Trinajstić information content (AvgIpc) is 2.28. The van der Waals surface area contributed by atoms with Crippen molar-refractivity contribution in [3.8, 4) is 5.88 Å². The Hall–Kier alpha value is -1.32. The lowest BCUT2D eigenvalue weighted by Crippen LogP contribution is -2.15. The van der Waals surface area contributed by atoms with E-state index in [-0.39, 0.29) is 0 Å². The lowest BCUT2D eigenvalue weighted by Gasteiger charge is -2.21. The third-order valence-electron chi connectivity index (χ3n) is 2.85. The van der Waals surface area contributed by atoms with E-state index in [0.29, 0.717) is 17.6 Å². The first kappa shape index (κ1) is 10.2. The zero-order valence-electron chi connectivity index (χ0n) is 8.85. The molecule has 2 N–H and O–H groups in total. The van der Waals surface area contributed by atoms with Crippen LogP contribution in [0.4, 0.5) is 5.82 Å². The van der Waals surface area contributed by atoms with E-state index < -0.39 is 0 Å². The van der Waals surface area contributed by atoms with Crippen LogP contribution in [-0.4, -0.2) is 16.6 Å². The lowest BCUT2D eigenvalue weighted by atomic mass is 9.90. The van der Waals surface area contributed by atoms with Crippen molar-refractivity contribution in [2.75, 3.05) is 12.3 Å². The Balaban J connectivity index is 1.81. The van der Waals surface area contributed by atoms with Gasteiger partial charge in [-0.25, -0.2) is 9.97 Å². The molecule has 1 aliphatic carbocycles. The molecular weight excluding hydrogens is 190 g/mol. The number of hydrogen-bond acceptors (Lipinski definition) is 4. The van der Waals surface area contributed by atoms with Crippen LogP contribution in [0.15, 0.2) is 12.4 Å². The molecule has 4 nitrogen and oxygen atoms in total. The summed E-state index contributed by atoms with van der Waals surface area (Å²) in [6.45, 7) is 0.760. The maximum atomic E-state index is 5.60. The molecule has 0 unspecified atom stereocenters. The van der Waals surface area contributed by atoms with Crippen molar-refractivity contribution < 1.29 is 4.74 Å². The molecule has 0 saturated heterocycles. The van der Waals surface area contributed by atoms with Gasteiger partial charge in [0.2, 0.25) is 5.88 Å². The second-order valence-electron chi connectivity index (χ2n) is 4.10. The van der Waals surface area contributed by atoms with Gasteiger partial charge in [0, 0.05) is 6.07 Å². The minimum absolute atomic E-state index is 0.462. The first-order chi connectivity index (χ1) is 7.34. The van der Waals surface area contributed by atoms with Gasteiger partial charge in [-0.3, -0.25) is 0 Å². The maximum Gasteiger partial charge on any atom is 0.218 e. The first-order valence-electron chi connectivity index (χ1n) is 5.55. The van der Waals surface area contributed by atoms with E-state index in [1.54, 1.807) is 6.07 Å². The Kier molecular flexibility index (Phi) is 3.37. The van der Waals surface area contributed by atoms with E-state index in [1.807, 2.05) is 0 Å². The zero-order valence-corrected chi connectivity index (χ0v) is 8.85. The molecule has 4 heteroatoms. The Morgan fingerprint density at radius 3 is 2.80 bits per heavy atom. The summed E-state index contributed by atoms with van der Waals surface area (Å²) in [4.78, 5) is 7.83. The van der Waals surface area contributed by atoms with Gasteiger partial charge < -0.3 is 10.5 Å². The molecule has 0 aromatic carbocycles. The highest BCUT2D eigenvalue weighted by Gasteiger charge is 2.14. The molecule has 1 saturated carbocycles. The molecule has 1 aromatic rings. The summed E-state index contributed by atoms with van der Waals surface area (Å²) in [6, 6.07) is 1.67. The molecule has 2 rings (SSSR count). The predicted octanol–water partition coefficient (Wildman–Crippen LogP) is 2.02. The van der Waals surface area contributed by atoms with Crippen LogP contribution in [0.5, 0.6) is 5.88 Å². The number of rotatable bonds is 3. The normalized spacial score (nSPS) is 17.6. The van der Waals surface area contributed by atoms with E-state index in [2.05, 4.69) is 9.97 Å². The fraction of sp³-hybridized carbons (Fsp3) is 0.636. The molecule has 0 radical (unpaired) electrons. The van der Waals surface area contributed by atoms with Crippen LogP contribution in [0.3, 0.4) is 0 Å². The van der Waals surface area contributed by atoms with Crippen LogP contribution in [0, 0.1) is 5.92 Å². The standard InChI is InChI=1S/C11H17N3O/c12-10-6-11(14-8-13-10)15-7-9-4-2-1-3-5-9/h6,8-9H,1-5,7H2,(H2,12,13,14). The van der Waals surface area contributed by atoms with Gasteiger partial charge in [0.25, 0.3) is 0 Å². The quantitative estimate of drug-likeness (QED) is 0.823. The van der Waals surface area contributed by atoms with E-state index in [1.165, 1.54) is 38.4 Å². The number of anilines is 1. The number of ether oxygens (including phenoxy) is 1. The number of nitrogens with two attached hydrogens (primary N) is 1. The van der Waals surface area contributed by atoms with Crippen molar-refractivity contribution in [2.24, 2.45) is 5.92 Å². The Bertz CT molecular complexity index is 310. The Labute approximate surface area is 89.9 Å². The highest BCUT2D eigenvalue weighted by Crippen LogP contribution is 2.24. The molecule has 0 amide bonds. The molecule has 1 aliphatic rings. The van der Waals surface area contributed by atoms with Gasteiger partial charge in [-0.1, -0.05) is 19.3 Å². The summed E-state index contributed by atoms with van der Waals surface area (Å²) >= 11 is 0. The summed E-state index contributed by atoms with van der Waals surface area (Å²) in [5.74, 6) is 1.74. The predicted molar refractivity (Wildman–Crippen MR) is 58.5 cm³/mol. The van der Waals surface area contributed by atoms with Gasteiger partial charge in [-0.2, -0.15) is 0 Å². The van der Waals surface area contributed by atoms with Gasteiger partial charge in [-0.05, 0) is 18.8 Å². The summed E-state index contributed by atoms with van der Waals surface area (Å²) in [6.07, 6.45) is 8.03. The van der Waals surface area contributed by atoms with Crippen molar-refractivity contribution in [1.82, 2.24) is 9.97 Å². The Morgan fingerprint density at radius 2 is 2.07 bits per heavy atom. The van der Waals surface area contributed by atoms with E-state index in [0.717, 1.165) is 6.61 Å². The van der Waals surface area contributed by atoms with Crippen molar-refractivity contribution in [2.45, 2.75) is 32.1 Å². The SMILES string of the molecule is Nc1cc(OCC2CCCCC2)ncn1. The molecule has 1 heterocycles. The van der Waals surface area contributed by atoms with Gasteiger partial charge in [0.1, 0.15) is 12.1 Å². The third kappa shape index (κ3) is 3.08. The molecule has 1 aromatic heterocycles. The van der Waals surface area contributed by atoms with Crippen molar-refractivity contribution >= 4 is 5.82 Å². The second-order valence-corrected chi connectivity index (χ2v) is 4.10. The molecule has 0 bridgehead atoms. The average molecular weight is 207 g/mol. The molecule has 1 fully saturated rings. The monoisotopic (exact) mass is 207 g/mol. The van der Waals surface area contributed by atoms with Crippen molar-refractivity contribution in [3.05, 3.63) is 12.4 Å². The zero-order chi connectivity index (χ0) is 10.5. The van der Waals surface area contributed by atoms with E-state index >= 15 is 0 Å². The van der Waals surface area contributed by atoms with Gasteiger partial charge in [0.05, 0.1) is 6.61 Å². The number of nitrogens with zero attached hydrogens (tertiary/aromatic N) is 2. The van der Waals surface area contributed by atoms with Crippen LogP contribution in [-0.2, 0) is 0 Å². The summed E-state index contributed by atoms with van der Waals surface area (Å²) in [7, 11) is 0. The van der Waals surface area contributed by atoms with Crippen LogP contribution >= 0.6 is 0 Å². The minimum Gasteiger partial charge on any atom is -0.477 e. The number of aromatic nitrogens is 2. The smallest absolute Gasteiger partial charge is 0.218 e. The molecule has 0 spiro atoms. The lowest BCUT2D eigenvalue weighted by molar-refractivity contribution is 0.203. The van der Waals surface area contributed by atoms with Crippen LogP contribution < -0.4 is 10.5 Å². The first-order valence-corrected chi connectivity index (χ1v) is 5.55. The van der Waals surface area contributed by atoms with Crippen molar-refractivity contribution in [3.63, 3.8) is 0 Å². The van der Waals surface area contributed by atoms with E-state index in [4.69, 9.17) is 10.5 Å². The summed E-state index contributed by atoms with van der Waals surface area (Å²) < 4.78 is 5.60. The molecule has 82 valence electrons. The van der Waals surface area contributed by atoms with Crippen LogP contribution in [0.1, 0.15) is 32.1 Å². The molecule has 0 atom stereocenters. The Morgan fingerprint density at radius 1 is 1.27 bits per heavy atom. The van der Waals surface area contributed by atoms with Crippen LogP contribution in [0.25, 0.3) is 0 Å². The van der Waals surface area contributed by atoms with Crippen molar-refractivity contribution in [1.29, 1.82) is 0 Å². The topological polar surface area (TPSA) is 61.0 Å². The minimum atomic E-state index is 0.462. The van der Waals surface area contributed by atoms with Gasteiger partial charge >= 0.3 is 0 Å². The number of hydrogen-bond donors (Lipinski definition) is 1. The maximum absolute atomic E-state index is 5.60. The molecular formula is C11H17N3O. The molecule has 15 heavy (non-hydrogen) atoms. The van der Waals surface area contributed by atoms with Gasteiger partial charge in [-0.15, -0.1) is 0 Å². The highest BCUT2D eigenvalue weighted by atomic mass is 16.5. The number of nitrogen functional groups attached to an aromatic ring is 1. The van der Waals surface area contributed by atoms with Crippen LogP contribution in [0.2, 0.25) is 0 Å². The highest BCUT2D eigenvalue weighted by molar-refractivity contribution is 5.30. The summed E-state index contributed by atoms with van der Waals surface area (Å²) in [5.41, 5.74) is 5.54. The largest absolute Gasteiger partial charge is 0.477 e. The van der Waals surface area contributed by atoms with Gasteiger partial charge in [0.15, 0.2) is 0 Å². The van der Waals surface area contributed by atoms with E-state index in [9.17, 15) is 0 Å². The third-order valence-corrected chi connectivity index (χ3v) is 2.85. The second kappa shape index (κ2) is 4.96. The molecule has 0 aliphatic heterocycles.